The molecule has 1 aliphatic heterocycles. The molecular formula is C16H14Br2FNO. The molecule has 0 radical (unpaired) electrons. The second-order valence-electron chi connectivity index (χ2n) is 4.70. The van der Waals surface area contributed by atoms with Crippen LogP contribution in [-0.2, 0) is 6.42 Å². The fourth-order valence-corrected chi connectivity index (χ4v) is 2.83. The topological polar surface area (TPSA) is 12.2 Å². The Morgan fingerprint density at radius 2 is 2.05 bits per heavy atom. The summed E-state index contributed by atoms with van der Waals surface area (Å²) < 4.78 is 22.1. The van der Waals surface area contributed by atoms with Crippen LogP contribution >= 0.6 is 15.9 Å². The van der Waals surface area contributed by atoms with Crippen LogP contribution in [0.1, 0.15) is 11.1 Å². The summed E-state index contributed by atoms with van der Waals surface area (Å²) >= 11 is 3.28. The number of hydrogen-bond acceptors (Lipinski definition) is 1. The summed E-state index contributed by atoms with van der Waals surface area (Å²) in [6.07, 6.45) is 2.84. The summed E-state index contributed by atoms with van der Waals surface area (Å²) in [6, 6.07) is 11.1. The number of halogens is 3. The standard InChI is InChI=1S/C16H14BrFNO.BrH/c1-20-16-4-2-3-11-7-8-19(10-13(11)16)15-6-5-12(17)9-14(15)18;/h2-6,9-10H,7-8H2,1H3;1H/q+1;/p-1. The van der Waals surface area contributed by atoms with Crippen LogP contribution in [0, 0.1) is 5.82 Å². The molecule has 2 aromatic rings. The number of benzene rings is 2. The first kappa shape index (κ1) is 16.2. The van der Waals surface area contributed by atoms with Crippen LogP contribution in [0.4, 0.5) is 10.1 Å². The van der Waals surface area contributed by atoms with Crippen LogP contribution in [0.3, 0.4) is 0 Å². The van der Waals surface area contributed by atoms with Crippen molar-refractivity contribution < 1.29 is 30.7 Å². The van der Waals surface area contributed by atoms with Gasteiger partial charge in [0.25, 0.3) is 0 Å². The lowest BCUT2D eigenvalue weighted by Gasteiger charge is -2.14. The molecule has 1 aliphatic rings. The lowest BCUT2D eigenvalue weighted by atomic mass is 10.0. The number of hydrogen-bond donors (Lipinski definition) is 0. The van der Waals surface area contributed by atoms with Gasteiger partial charge in [0.1, 0.15) is 5.75 Å². The molecule has 0 bridgehead atoms. The van der Waals surface area contributed by atoms with Gasteiger partial charge >= 0.3 is 0 Å². The zero-order valence-corrected chi connectivity index (χ0v) is 14.6. The Hall–Kier alpha value is -1.20. The lowest BCUT2D eigenvalue weighted by Crippen LogP contribution is -3.00. The molecule has 0 N–H and O–H groups in total. The van der Waals surface area contributed by atoms with Gasteiger partial charge in [-0.05, 0) is 23.8 Å². The summed E-state index contributed by atoms with van der Waals surface area (Å²) in [7, 11) is 1.66. The molecule has 0 unspecified atom stereocenters. The summed E-state index contributed by atoms with van der Waals surface area (Å²) in [5, 5.41) is 0. The monoisotopic (exact) mass is 413 g/mol. The smallest absolute Gasteiger partial charge is 0.241 e. The van der Waals surface area contributed by atoms with Crippen LogP contribution in [0.15, 0.2) is 40.9 Å². The molecule has 1 heterocycles. The van der Waals surface area contributed by atoms with Crippen molar-refractivity contribution in [1.82, 2.24) is 0 Å². The quantitative estimate of drug-likeness (QED) is 0.665. The number of fused-ring (bicyclic) bond motifs is 1. The SMILES string of the molecule is COc1cccc2c1C=[N+](c1ccc(Br)cc1F)CC2.[Br-]. The van der Waals surface area contributed by atoms with Gasteiger partial charge in [-0.3, -0.25) is 0 Å². The molecule has 3 rings (SSSR count). The average Bonchev–Trinajstić information content (AvgIpc) is 2.46. The third kappa shape index (κ3) is 3.19. The highest BCUT2D eigenvalue weighted by atomic mass is 79.9. The van der Waals surface area contributed by atoms with E-state index in [-0.39, 0.29) is 22.8 Å². The molecule has 21 heavy (non-hydrogen) atoms. The van der Waals surface area contributed by atoms with E-state index in [0.29, 0.717) is 5.69 Å². The van der Waals surface area contributed by atoms with Crippen molar-refractivity contribution >= 4 is 27.8 Å². The highest BCUT2D eigenvalue weighted by molar-refractivity contribution is 9.10. The molecule has 0 saturated carbocycles. The number of ether oxygens (including phenoxy) is 1. The molecule has 2 aromatic carbocycles. The van der Waals surface area contributed by atoms with E-state index in [1.807, 2.05) is 29.0 Å². The Morgan fingerprint density at radius 3 is 2.76 bits per heavy atom. The van der Waals surface area contributed by atoms with E-state index in [1.54, 1.807) is 13.2 Å². The van der Waals surface area contributed by atoms with Gasteiger partial charge in [0.2, 0.25) is 5.69 Å². The summed E-state index contributed by atoms with van der Waals surface area (Å²) in [4.78, 5) is 0. The van der Waals surface area contributed by atoms with Gasteiger partial charge in [-0.2, -0.15) is 8.97 Å². The minimum atomic E-state index is -0.228. The van der Waals surface area contributed by atoms with Gasteiger partial charge in [0.15, 0.2) is 18.6 Å². The summed E-state index contributed by atoms with van der Waals surface area (Å²) in [5.74, 6) is 0.596. The summed E-state index contributed by atoms with van der Waals surface area (Å²) in [5.41, 5.74) is 2.85. The van der Waals surface area contributed by atoms with Crippen molar-refractivity contribution in [2.45, 2.75) is 6.42 Å². The molecule has 0 amide bonds. The Kier molecular flexibility index (Phi) is 5.17. The second kappa shape index (κ2) is 6.71. The maximum atomic E-state index is 14.1. The third-order valence-electron chi connectivity index (χ3n) is 3.50. The van der Waals surface area contributed by atoms with Gasteiger partial charge in [0.05, 0.1) is 12.7 Å². The first-order valence-electron chi connectivity index (χ1n) is 6.41. The summed E-state index contributed by atoms with van der Waals surface area (Å²) in [6.45, 7) is 0.763. The van der Waals surface area contributed by atoms with Gasteiger partial charge in [-0.25, -0.2) is 0 Å². The van der Waals surface area contributed by atoms with Crippen molar-refractivity contribution in [3.63, 3.8) is 0 Å². The molecule has 2 nitrogen and oxygen atoms in total. The first-order chi connectivity index (χ1) is 9.69. The fourth-order valence-electron chi connectivity index (χ4n) is 2.50. The molecule has 0 aliphatic carbocycles. The van der Waals surface area contributed by atoms with Crippen molar-refractivity contribution in [3.8, 4) is 5.75 Å². The zero-order valence-electron chi connectivity index (χ0n) is 11.4. The number of methoxy groups -OCH3 is 1. The van der Waals surface area contributed by atoms with E-state index >= 15 is 0 Å². The molecule has 110 valence electrons. The van der Waals surface area contributed by atoms with Crippen molar-refractivity contribution in [3.05, 3.63) is 57.8 Å². The average molecular weight is 415 g/mol. The third-order valence-corrected chi connectivity index (χ3v) is 4.00. The van der Waals surface area contributed by atoms with Crippen molar-refractivity contribution in [1.29, 1.82) is 0 Å². The van der Waals surface area contributed by atoms with Crippen LogP contribution in [-0.4, -0.2) is 24.4 Å². The molecule has 0 aromatic heterocycles. The van der Waals surface area contributed by atoms with Crippen molar-refractivity contribution in [2.24, 2.45) is 0 Å². The minimum absolute atomic E-state index is 0. The number of rotatable bonds is 2. The van der Waals surface area contributed by atoms with E-state index < -0.39 is 0 Å². The van der Waals surface area contributed by atoms with E-state index in [4.69, 9.17) is 4.74 Å². The Morgan fingerprint density at radius 1 is 1.24 bits per heavy atom. The van der Waals surface area contributed by atoms with Gasteiger partial charge in [-0.15, -0.1) is 0 Å². The molecule has 0 spiro atoms. The van der Waals surface area contributed by atoms with Crippen LogP contribution in [0.25, 0.3) is 0 Å². The molecular weight excluding hydrogens is 401 g/mol. The maximum Gasteiger partial charge on any atom is 0.241 e. The van der Waals surface area contributed by atoms with E-state index in [0.717, 1.165) is 28.8 Å². The van der Waals surface area contributed by atoms with Gasteiger partial charge < -0.3 is 21.7 Å². The van der Waals surface area contributed by atoms with Gasteiger partial charge in [-0.1, -0.05) is 28.1 Å². The molecule has 0 fully saturated rings. The minimum Gasteiger partial charge on any atom is -1.00 e. The van der Waals surface area contributed by atoms with Crippen LogP contribution < -0.4 is 21.7 Å². The predicted molar refractivity (Wildman–Crippen MR) is 80.8 cm³/mol. The van der Waals surface area contributed by atoms with Gasteiger partial charge in [0, 0.05) is 17.0 Å². The zero-order chi connectivity index (χ0) is 14.1. The Labute approximate surface area is 142 Å². The molecule has 0 saturated heterocycles. The Balaban J connectivity index is 0.00000161. The largest absolute Gasteiger partial charge is 1.00 e. The van der Waals surface area contributed by atoms with Crippen LogP contribution in [0.2, 0.25) is 0 Å². The lowest BCUT2D eigenvalue weighted by molar-refractivity contribution is -0.438. The first-order valence-corrected chi connectivity index (χ1v) is 7.21. The van der Waals surface area contributed by atoms with Crippen LogP contribution in [0.5, 0.6) is 5.75 Å². The van der Waals surface area contributed by atoms with E-state index in [1.165, 1.54) is 11.6 Å². The molecule has 5 heteroatoms. The fraction of sp³-hybridized carbons (Fsp3) is 0.188. The van der Waals surface area contributed by atoms with E-state index in [2.05, 4.69) is 22.0 Å². The highest BCUT2D eigenvalue weighted by Crippen LogP contribution is 2.27. The van der Waals surface area contributed by atoms with Crippen molar-refractivity contribution in [2.75, 3.05) is 13.7 Å². The number of nitrogens with zero attached hydrogens (tertiary/aromatic N) is 1. The highest BCUT2D eigenvalue weighted by Gasteiger charge is 2.23. The molecule has 0 atom stereocenters. The normalized spacial score (nSPS) is 13.0. The van der Waals surface area contributed by atoms with E-state index in [9.17, 15) is 4.39 Å². The predicted octanol–water partition coefficient (Wildman–Crippen LogP) is 0.920. The maximum absolute atomic E-state index is 14.1. The second-order valence-corrected chi connectivity index (χ2v) is 5.62. The Bertz CT molecular complexity index is 701.